The number of rotatable bonds is 2. The highest BCUT2D eigenvalue weighted by molar-refractivity contribution is 6.00. The molecule has 2 unspecified atom stereocenters. The monoisotopic (exact) mass is 244 g/mol. The van der Waals surface area contributed by atoms with Crippen LogP contribution in [-0.4, -0.2) is 18.5 Å². The van der Waals surface area contributed by atoms with Crippen LogP contribution in [0.1, 0.15) is 47.7 Å². The Bertz CT molecular complexity index is 464. The molecule has 2 atom stereocenters. The highest BCUT2D eigenvalue weighted by Crippen LogP contribution is 2.26. The fourth-order valence-corrected chi connectivity index (χ4v) is 3.08. The average molecular weight is 244 g/mol. The number of hydrogen-bond donors (Lipinski definition) is 0. The minimum atomic E-state index is -0.216. The van der Waals surface area contributed by atoms with Crippen LogP contribution in [0, 0.1) is 5.92 Å². The molecule has 1 aromatic carbocycles. The summed E-state index contributed by atoms with van der Waals surface area (Å²) in [5.41, 5.74) is 3.64. The molecular formula is C16H20O2. The third kappa shape index (κ3) is 2.10. The maximum Gasteiger partial charge on any atom is 0.191 e. The number of ketones is 1. The van der Waals surface area contributed by atoms with Gasteiger partial charge in [-0.2, -0.15) is 0 Å². The number of carbonyl (C=O) groups excluding carboxylic acids is 1. The van der Waals surface area contributed by atoms with Gasteiger partial charge in [0.05, 0.1) is 0 Å². The average Bonchev–Trinajstić information content (AvgIpc) is 2.83. The van der Waals surface area contributed by atoms with Crippen LogP contribution < -0.4 is 0 Å². The fourth-order valence-electron chi connectivity index (χ4n) is 3.08. The Kier molecular flexibility index (Phi) is 3.21. The Balaban J connectivity index is 1.85. The smallest absolute Gasteiger partial charge is 0.191 e. The molecule has 0 amide bonds. The van der Waals surface area contributed by atoms with E-state index in [-0.39, 0.29) is 11.9 Å². The number of benzene rings is 1. The number of ether oxygens (including phenoxy) is 1. The quantitative estimate of drug-likeness (QED) is 0.747. The molecule has 1 aliphatic carbocycles. The molecule has 0 bridgehead atoms. The Morgan fingerprint density at radius 3 is 2.72 bits per heavy atom. The Morgan fingerprint density at radius 2 is 2.00 bits per heavy atom. The normalized spacial score (nSPS) is 26.9. The van der Waals surface area contributed by atoms with Gasteiger partial charge in [0, 0.05) is 12.2 Å². The predicted octanol–water partition coefficient (Wildman–Crippen LogP) is 3.17. The predicted molar refractivity (Wildman–Crippen MR) is 70.9 cm³/mol. The summed E-state index contributed by atoms with van der Waals surface area (Å²) in [6, 6.07) is 6.23. The van der Waals surface area contributed by atoms with E-state index in [0.717, 1.165) is 25.0 Å². The minimum Gasteiger partial charge on any atom is -0.370 e. The van der Waals surface area contributed by atoms with Gasteiger partial charge in [-0.1, -0.05) is 19.1 Å². The van der Waals surface area contributed by atoms with Gasteiger partial charge < -0.3 is 4.74 Å². The van der Waals surface area contributed by atoms with Gasteiger partial charge in [0.25, 0.3) is 0 Å². The molecule has 0 saturated carbocycles. The largest absolute Gasteiger partial charge is 0.370 e. The summed E-state index contributed by atoms with van der Waals surface area (Å²) in [5, 5.41) is 0. The van der Waals surface area contributed by atoms with Gasteiger partial charge in [0.15, 0.2) is 5.78 Å². The molecule has 1 aliphatic heterocycles. The highest BCUT2D eigenvalue weighted by Gasteiger charge is 2.31. The Morgan fingerprint density at radius 1 is 1.22 bits per heavy atom. The number of aryl methyl sites for hydroxylation is 2. The first kappa shape index (κ1) is 11.9. The van der Waals surface area contributed by atoms with E-state index in [9.17, 15) is 4.79 Å². The second kappa shape index (κ2) is 4.85. The summed E-state index contributed by atoms with van der Waals surface area (Å²) in [5.74, 6) is 0.530. The SMILES string of the molecule is CC1CCOC1C(=O)c1ccc2c(c1)CCCC2. The van der Waals surface area contributed by atoms with Crippen LogP contribution in [0.15, 0.2) is 18.2 Å². The van der Waals surface area contributed by atoms with Crippen molar-refractivity contribution in [3.63, 3.8) is 0 Å². The molecule has 96 valence electrons. The summed E-state index contributed by atoms with van der Waals surface area (Å²) in [6.45, 7) is 2.83. The molecule has 3 rings (SSSR count). The van der Waals surface area contributed by atoms with E-state index in [1.165, 1.54) is 30.4 Å². The summed E-state index contributed by atoms with van der Waals surface area (Å²) >= 11 is 0. The van der Waals surface area contributed by atoms with E-state index < -0.39 is 0 Å². The number of Topliss-reactive ketones (excluding diaryl/α,β-unsaturated/α-hetero) is 1. The zero-order valence-electron chi connectivity index (χ0n) is 10.9. The number of carbonyl (C=O) groups is 1. The van der Waals surface area contributed by atoms with Gasteiger partial charge in [0.1, 0.15) is 6.10 Å². The highest BCUT2D eigenvalue weighted by atomic mass is 16.5. The summed E-state index contributed by atoms with van der Waals surface area (Å²) in [4.78, 5) is 12.4. The van der Waals surface area contributed by atoms with Gasteiger partial charge in [-0.3, -0.25) is 4.79 Å². The standard InChI is InChI=1S/C16H20O2/c1-11-8-9-18-16(11)15(17)14-7-6-12-4-2-3-5-13(12)10-14/h6-7,10-11,16H,2-5,8-9H2,1H3. The first-order valence-electron chi connectivity index (χ1n) is 7.03. The zero-order valence-corrected chi connectivity index (χ0v) is 10.9. The Hall–Kier alpha value is -1.15. The lowest BCUT2D eigenvalue weighted by molar-refractivity contribution is 0.0579. The molecule has 0 aromatic heterocycles. The van der Waals surface area contributed by atoms with Crippen molar-refractivity contribution in [1.29, 1.82) is 0 Å². The lowest BCUT2D eigenvalue weighted by Crippen LogP contribution is -2.25. The first-order chi connectivity index (χ1) is 8.75. The first-order valence-corrected chi connectivity index (χ1v) is 7.03. The molecule has 1 heterocycles. The lowest BCUT2D eigenvalue weighted by Gasteiger charge is -2.18. The van der Waals surface area contributed by atoms with Crippen molar-refractivity contribution in [3.05, 3.63) is 34.9 Å². The van der Waals surface area contributed by atoms with Crippen LogP contribution in [-0.2, 0) is 17.6 Å². The van der Waals surface area contributed by atoms with E-state index in [1.807, 2.05) is 6.07 Å². The van der Waals surface area contributed by atoms with Crippen LogP contribution in [0.5, 0.6) is 0 Å². The van der Waals surface area contributed by atoms with Gasteiger partial charge in [-0.15, -0.1) is 0 Å². The van der Waals surface area contributed by atoms with E-state index in [4.69, 9.17) is 4.74 Å². The molecule has 18 heavy (non-hydrogen) atoms. The van der Waals surface area contributed by atoms with Crippen LogP contribution >= 0.6 is 0 Å². The fraction of sp³-hybridized carbons (Fsp3) is 0.562. The molecule has 2 nitrogen and oxygen atoms in total. The van der Waals surface area contributed by atoms with E-state index in [1.54, 1.807) is 0 Å². The lowest BCUT2D eigenvalue weighted by atomic mass is 9.88. The van der Waals surface area contributed by atoms with Gasteiger partial charge in [-0.05, 0) is 55.2 Å². The summed E-state index contributed by atoms with van der Waals surface area (Å²) in [6.07, 6.45) is 5.61. The van der Waals surface area contributed by atoms with Crippen molar-refractivity contribution in [1.82, 2.24) is 0 Å². The van der Waals surface area contributed by atoms with Crippen LogP contribution in [0.25, 0.3) is 0 Å². The van der Waals surface area contributed by atoms with Crippen LogP contribution in [0.3, 0.4) is 0 Å². The van der Waals surface area contributed by atoms with Crippen molar-refractivity contribution in [3.8, 4) is 0 Å². The number of fused-ring (bicyclic) bond motifs is 1. The zero-order chi connectivity index (χ0) is 12.5. The second-order valence-corrected chi connectivity index (χ2v) is 5.61. The molecule has 2 aliphatic rings. The molecule has 2 heteroatoms. The van der Waals surface area contributed by atoms with Crippen LogP contribution in [0.4, 0.5) is 0 Å². The van der Waals surface area contributed by atoms with Crippen molar-refractivity contribution in [2.45, 2.75) is 45.1 Å². The van der Waals surface area contributed by atoms with E-state index >= 15 is 0 Å². The van der Waals surface area contributed by atoms with Crippen molar-refractivity contribution >= 4 is 5.78 Å². The van der Waals surface area contributed by atoms with Gasteiger partial charge in [0.2, 0.25) is 0 Å². The molecule has 0 radical (unpaired) electrons. The van der Waals surface area contributed by atoms with Crippen molar-refractivity contribution in [2.75, 3.05) is 6.61 Å². The summed E-state index contributed by atoms with van der Waals surface area (Å²) in [7, 11) is 0. The van der Waals surface area contributed by atoms with Gasteiger partial charge in [-0.25, -0.2) is 0 Å². The van der Waals surface area contributed by atoms with Crippen LogP contribution in [0.2, 0.25) is 0 Å². The van der Waals surface area contributed by atoms with Crippen molar-refractivity contribution < 1.29 is 9.53 Å². The molecule has 1 aromatic rings. The van der Waals surface area contributed by atoms with Gasteiger partial charge >= 0.3 is 0 Å². The van der Waals surface area contributed by atoms with E-state index in [2.05, 4.69) is 19.1 Å². The Labute approximate surface area is 108 Å². The maximum absolute atomic E-state index is 12.4. The van der Waals surface area contributed by atoms with Crippen molar-refractivity contribution in [2.24, 2.45) is 5.92 Å². The topological polar surface area (TPSA) is 26.3 Å². The third-order valence-electron chi connectivity index (χ3n) is 4.28. The molecule has 1 fully saturated rings. The second-order valence-electron chi connectivity index (χ2n) is 5.61. The molecule has 0 spiro atoms. The minimum absolute atomic E-state index is 0.174. The molecule has 1 saturated heterocycles. The molecular weight excluding hydrogens is 224 g/mol. The third-order valence-corrected chi connectivity index (χ3v) is 4.28. The number of hydrogen-bond acceptors (Lipinski definition) is 2. The molecule has 0 N–H and O–H groups in total. The van der Waals surface area contributed by atoms with E-state index in [0.29, 0.717) is 5.92 Å². The maximum atomic E-state index is 12.4. The summed E-state index contributed by atoms with van der Waals surface area (Å²) < 4.78 is 5.58.